The molecular weight excluding hydrogens is 366 g/mol. The second kappa shape index (κ2) is 7.59. The van der Waals surface area contributed by atoms with E-state index in [0.717, 1.165) is 54.0 Å². The standard InChI is InChI=1S/C21H29N7O/c1-13(2)17-18(15-10-14(3)20-22-12-23-28(20)11-15)24-25-19(17)21(29)27-8-6-16(7-9-27)26(4)5/h10-13,16H,6-9H2,1-5H3,(H,24,25). The molecule has 3 aromatic heterocycles. The highest BCUT2D eigenvalue weighted by Gasteiger charge is 2.29. The second-order valence-corrected chi connectivity index (χ2v) is 8.44. The number of fused-ring (bicyclic) bond motifs is 1. The minimum Gasteiger partial charge on any atom is -0.337 e. The molecule has 1 amide bonds. The Morgan fingerprint density at radius 3 is 2.66 bits per heavy atom. The van der Waals surface area contributed by atoms with E-state index in [1.807, 2.05) is 18.0 Å². The van der Waals surface area contributed by atoms with Gasteiger partial charge in [-0.25, -0.2) is 9.50 Å². The number of nitrogens with one attached hydrogen (secondary N) is 1. The Balaban J connectivity index is 1.67. The number of nitrogens with zero attached hydrogens (tertiary/aromatic N) is 6. The normalized spacial score (nSPS) is 15.8. The summed E-state index contributed by atoms with van der Waals surface area (Å²) in [5, 5.41) is 11.9. The van der Waals surface area contributed by atoms with Gasteiger partial charge in [-0.15, -0.1) is 0 Å². The Morgan fingerprint density at radius 2 is 2.00 bits per heavy atom. The van der Waals surface area contributed by atoms with E-state index in [1.165, 1.54) is 0 Å². The highest BCUT2D eigenvalue weighted by atomic mass is 16.2. The molecule has 4 rings (SSSR count). The molecule has 0 unspecified atom stereocenters. The van der Waals surface area contributed by atoms with Crippen molar-refractivity contribution in [1.82, 2.24) is 34.6 Å². The monoisotopic (exact) mass is 395 g/mol. The number of hydrogen-bond donors (Lipinski definition) is 1. The van der Waals surface area contributed by atoms with Crippen LogP contribution in [0.2, 0.25) is 0 Å². The van der Waals surface area contributed by atoms with Crippen LogP contribution < -0.4 is 0 Å². The van der Waals surface area contributed by atoms with Crippen LogP contribution in [0.15, 0.2) is 18.6 Å². The lowest BCUT2D eigenvalue weighted by Crippen LogP contribution is -2.44. The third-order valence-electron chi connectivity index (χ3n) is 5.91. The molecule has 1 aliphatic rings. The first-order chi connectivity index (χ1) is 13.9. The molecule has 0 atom stereocenters. The van der Waals surface area contributed by atoms with Gasteiger partial charge in [-0.2, -0.15) is 10.2 Å². The molecule has 8 nitrogen and oxygen atoms in total. The number of piperidine rings is 1. The summed E-state index contributed by atoms with van der Waals surface area (Å²) in [6.45, 7) is 7.76. The van der Waals surface area contributed by atoms with Crippen molar-refractivity contribution in [2.24, 2.45) is 0 Å². The van der Waals surface area contributed by atoms with Crippen LogP contribution in [0.1, 0.15) is 54.2 Å². The molecule has 0 saturated carbocycles. The fourth-order valence-electron chi connectivity index (χ4n) is 4.26. The largest absolute Gasteiger partial charge is 0.337 e. The molecule has 8 heteroatoms. The van der Waals surface area contributed by atoms with Crippen molar-refractivity contribution in [3.8, 4) is 11.3 Å². The molecule has 0 aromatic carbocycles. The van der Waals surface area contributed by atoms with E-state index >= 15 is 0 Å². The maximum atomic E-state index is 13.3. The number of carbonyl (C=O) groups excluding carboxylic acids is 1. The number of aromatic nitrogens is 5. The van der Waals surface area contributed by atoms with Gasteiger partial charge < -0.3 is 9.80 Å². The Morgan fingerprint density at radius 1 is 1.28 bits per heavy atom. The maximum Gasteiger partial charge on any atom is 0.272 e. The predicted octanol–water partition coefficient (Wildman–Crippen LogP) is 2.72. The number of aromatic amines is 1. The minimum absolute atomic E-state index is 0.0446. The maximum absolute atomic E-state index is 13.3. The van der Waals surface area contributed by atoms with Crippen molar-refractivity contribution >= 4 is 11.6 Å². The highest BCUT2D eigenvalue weighted by molar-refractivity contribution is 5.96. The summed E-state index contributed by atoms with van der Waals surface area (Å²) in [5.74, 6) is 0.206. The molecule has 0 radical (unpaired) electrons. The Bertz CT molecular complexity index is 1030. The van der Waals surface area contributed by atoms with Gasteiger partial charge >= 0.3 is 0 Å². The van der Waals surface area contributed by atoms with Gasteiger partial charge in [0.15, 0.2) is 5.65 Å². The number of likely N-dealkylation sites (tertiary alicyclic amines) is 1. The average molecular weight is 396 g/mol. The van der Waals surface area contributed by atoms with Gasteiger partial charge in [0.25, 0.3) is 5.91 Å². The first-order valence-electron chi connectivity index (χ1n) is 10.2. The summed E-state index contributed by atoms with van der Waals surface area (Å²) < 4.78 is 1.76. The van der Waals surface area contributed by atoms with E-state index in [4.69, 9.17) is 0 Å². The lowest BCUT2D eigenvalue weighted by molar-refractivity contribution is 0.0656. The number of hydrogen-bond acceptors (Lipinski definition) is 5. The van der Waals surface area contributed by atoms with Crippen LogP contribution in [0.4, 0.5) is 0 Å². The van der Waals surface area contributed by atoms with Crippen LogP contribution in [0.3, 0.4) is 0 Å². The molecule has 0 bridgehead atoms. The van der Waals surface area contributed by atoms with Crippen LogP contribution in [0, 0.1) is 6.92 Å². The smallest absolute Gasteiger partial charge is 0.272 e. The van der Waals surface area contributed by atoms with Crippen molar-refractivity contribution in [1.29, 1.82) is 0 Å². The summed E-state index contributed by atoms with van der Waals surface area (Å²) in [4.78, 5) is 21.8. The third-order valence-corrected chi connectivity index (χ3v) is 5.91. The zero-order chi connectivity index (χ0) is 20.7. The summed E-state index contributed by atoms with van der Waals surface area (Å²) in [7, 11) is 4.21. The molecule has 1 N–H and O–H groups in total. The van der Waals surface area contributed by atoms with Crippen LogP contribution in [-0.4, -0.2) is 73.7 Å². The summed E-state index contributed by atoms with van der Waals surface area (Å²) in [6, 6.07) is 2.60. The van der Waals surface area contributed by atoms with Crippen LogP contribution in [-0.2, 0) is 0 Å². The van der Waals surface area contributed by atoms with Crippen molar-refractivity contribution in [3.05, 3.63) is 35.4 Å². The van der Waals surface area contributed by atoms with Gasteiger partial charge in [0, 0.05) is 36.5 Å². The zero-order valence-electron chi connectivity index (χ0n) is 17.8. The van der Waals surface area contributed by atoms with Gasteiger partial charge in [-0.05, 0) is 51.4 Å². The Kier molecular flexibility index (Phi) is 5.12. The first kappa shape index (κ1) is 19.6. The summed E-state index contributed by atoms with van der Waals surface area (Å²) in [6.07, 6.45) is 5.47. The summed E-state index contributed by atoms with van der Waals surface area (Å²) in [5.41, 5.74) is 5.17. The van der Waals surface area contributed by atoms with Crippen LogP contribution in [0.25, 0.3) is 16.9 Å². The highest BCUT2D eigenvalue weighted by Crippen LogP contribution is 2.32. The SMILES string of the molecule is Cc1cc(-c2n[nH]c(C(=O)N3CCC(N(C)C)CC3)c2C(C)C)cn2ncnc12. The molecule has 1 fully saturated rings. The van der Waals surface area contributed by atoms with E-state index in [0.29, 0.717) is 11.7 Å². The number of rotatable bonds is 4. The molecule has 3 aromatic rings. The number of pyridine rings is 1. The van der Waals surface area contributed by atoms with E-state index in [9.17, 15) is 4.79 Å². The minimum atomic E-state index is 0.0446. The van der Waals surface area contributed by atoms with E-state index in [1.54, 1.807) is 10.8 Å². The second-order valence-electron chi connectivity index (χ2n) is 8.44. The quantitative estimate of drug-likeness (QED) is 0.734. The molecule has 0 spiro atoms. The van der Waals surface area contributed by atoms with Gasteiger partial charge in [-0.1, -0.05) is 13.8 Å². The first-order valence-corrected chi connectivity index (χ1v) is 10.2. The molecule has 1 saturated heterocycles. The van der Waals surface area contributed by atoms with Crippen LogP contribution >= 0.6 is 0 Å². The lowest BCUT2D eigenvalue weighted by atomic mass is 9.95. The Hall–Kier alpha value is -2.74. The third kappa shape index (κ3) is 3.53. The molecule has 1 aliphatic heterocycles. The fraction of sp³-hybridized carbons (Fsp3) is 0.524. The van der Waals surface area contributed by atoms with Gasteiger partial charge in [0.05, 0.1) is 5.69 Å². The lowest BCUT2D eigenvalue weighted by Gasteiger charge is -2.35. The van der Waals surface area contributed by atoms with Crippen molar-refractivity contribution < 1.29 is 4.79 Å². The number of H-pyrrole nitrogens is 1. The number of carbonyl (C=O) groups is 1. The molecule has 4 heterocycles. The van der Waals surface area contributed by atoms with Crippen molar-refractivity contribution in [3.63, 3.8) is 0 Å². The zero-order valence-corrected chi connectivity index (χ0v) is 17.8. The van der Waals surface area contributed by atoms with E-state index < -0.39 is 0 Å². The molecular formula is C21H29N7O. The number of amides is 1. The molecule has 154 valence electrons. The van der Waals surface area contributed by atoms with E-state index in [2.05, 4.69) is 59.2 Å². The van der Waals surface area contributed by atoms with Gasteiger partial charge in [0.2, 0.25) is 0 Å². The predicted molar refractivity (Wildman–Crippen MR) is 112 cm³/mol. The Labute approximate surface area is 170 Å². The average Bonchev–Trinajstić information content (AvgIpc) is 3.34. The molecule has 29 heavy (non-hydrogen) atoms. The van der Waals surface area contributed by atoms with Crippen molar-refractivity contribution in [2.75, 3.05) is 27.2 Å². The summed E-state index contributed by atoms with van der Waals surface area (Å²) >= 11 is 0. The van der Waals surface area contributed by atoms with E-state index in [-0.39, 0.29) is 11.8 Å². The topological polar surface area (TPSA) is 82.4 Å². The van der Waals surface area contributed by atoms with Crippen LogP contribution in [0.5, 0.6) is 0 Å². The number of aryl methyl sites for hydroxylation is 1. The van der Waals surface area contributed by atoms with Crippen molar-refractivity contribution in [2.45, 2.75) is 45.6 Å². The van der Waals surface area contributed by atoms with Gasteiger partial charge in [-0.3, -0.25) is 9.89 Å². The fourth-order valence-corrected chi connectivity index (χ4v) is 4.26. The van der Waals surface area contributed by atoms with Gasteiger partial charge in [0.1, 0.15) is 12.0 Å². The molecule has 0 aliphatic carbocycles.